The molecule has 0 aromatic carbocycles. The van der Waals surface area contributed by atoms with Gasteiger partial charge < -0.3 is 0 Å². The van der Waals surface area contributed by atoms with Gasteiger partial charge >= 0.3 is 49.9 Å². The van der Waals surface area contributed by atoms with Crippen molar-refractivity contribution in [2.45, 2.75) is 0 Å². The van der Waals surface area contributed by atoms with Crippen LogP contribution in [0, 0.1) is 0 Å². The average molecular weight is 139 g/mol. The summed E-state index contributed by atoms with van der Waals surface area (Å²) in [5.41, 5.74) is 0. The summed E-state index contributed by atoms with van der Waals surface area (Å²) in [5.74, 6) is 0. The first kappa shape index (κ1) is 10.2. The summed E-state index contributed by atoms with van der Waals surface area (Å²) >= 11 is -7.74. The molecule has 0 amide bonds. The van der Waals surface area contributed by atoms with Gasteiger partial charge in [-0.05, 0) is 0 Å². The van der Waals surface area contributed by atoms with Gasteiger partial charge in [0.2, 0.25) is 0 Å². The van der Waals surface area contributed by atoms with Crippen LogP contribution < -0.4 is 0 Å². The molecule has 37 valence electrons. The zero-order valence-corrected chi connectivity index (χ0v) is 3.89. The molecule has 0 rings (SSSR count). The second kappa shape index (κ2) is 1.60. The van der Waals surface area contributed by atoms with Crippen molar-refractivity contribution in [2.75, 3.05) is 0 Å². The zero-order chi connectivity index (χ0) is 5.45. The summed E-state index contributed by atoms with van der Waals surface area (Å²) in [7, 11) is 0. The van der Waals surface area contributed by atoms with Crippen LogP contribution in [0.1, 0.15) is 0 Å². The molecule has 0 aromatic rings. The van der Waals surface area contributed by atoms with Crippen molar-refractivity contribution in [1.29, 1.82) is 0 Å². The van der Waals surface area contributed by atoms with Gasteiger partial charge in [0, 0.05) is 0 Å². The van der Waals surface area contributed by atoms with E-state index in [9.17, 15) is 0 Å². The van der Waals surface area contributed by atoms with E-state index in [1.165, 1.54) is 0 Å². The monoisotopic (exact) mass is 139 g/mol. The predicted molar refractivity (Wildman–Crippen MR) is 10.6 cm³/mol. The summed E-state index contributed by atoms with van der Waals surface area (Å²) in [4.78, 5) is 0. The van der Waals surface area contributed by atoms with Crippen LogP contribution in [-0.2, 0) is 31.0 Å². The van der Waals surface area contributed by atoms with Gasteiger partial charge in [0.05, 0.1) is 0 Å². The molecule has 0 saturated heterocycles. The second-order valence-electron chi connectivity index (χ2n) is 0.745. The Morgan fingerprint density at radius 1 is 0.714 bits per heavy atom. The Morgan fingerprint density at radius 2 is 0.714 bits per heavy atom. The van der Waals surface area contributed by atoms with Crippen molar-refractivity contribution in [3.05, 3.63) is 0 Å². The number of hydrogen-bond acceptors (Lipinski definition) is 5. The topological polar surface area (TPSA) is 85.3 Å². The molecule has 0 spiro atoms. The van der Waals surface area contributed by atoms with Crippen LogP contribution in [0.2, 0.25) is 0 Å². The van der Waals surface area contributed by atoms with Gasteiger partial charge in [-0.25, -0.2) is 0 Å². The van der Waals surface area contributed by atoms with Crippen LogP contribution in [0.4, 0.5) is 0 Å². The molecule has 0 bridgehead atoms. The van der Waals surface area contributed by atoms with E-state index in [1.807, 2.05) is 0 Å². The second-order valence-corrected chi connectivity index (χ2v) is 3.07. The Kier molecular flexibility index (Phi) is 2.34. The van der Waals surface area contributed by atoms with Gasteiger partial charge in [0.25, 0.3) is 0 Å². The molecule has 5 nitrogen and oxygen atoms in total. The SMILES string of the molecule is [LiH].[O]=[V](=[O])(=[O])(=[O])=[O]. The molecule has 0 atom stereocenters. The first-order valence-electron chi connectivity index (χ1n) is 0.913. The maximum atomic E-state index is 8.64. The summed E-state index contributed by atoms with van der Waals surface area (Å²) in [6, 6.07) is 0. The van der Waals surface area contributed by atoms with Crippen molar-refractivity contribution in [1.82, 2.24) is 0 Å². The normalized spacial score (nSPS) is 8.57. The van der Waals surface area contributed by atoms with Gasteiger partial charge in [0.1, 0.15) is 0 Å². The molecule has 0 fully saturated rings. The fourth-order valence-corrected chi connectivity index (χ4v) is 0. The molecule has 0 aromatic heterocycles. The third kappa shape index (κ3) is 3270. The van der Waals surface area contributed by atoms with Crippen LogP contribution >= 0.6 is 0 Å². The fourth-order valence-electron chi connectivity index (χ4n) is 0. The molecular formula is HLiO5V. The molecular weight excluding hydrogens is 138 g/mol. The quantitative estimate of drug-likeness (QED) is 0.391. The summed E-state index contributed by atoms with van der Waals surface area (Å²) in [5, 5.41) is 0. The van der Waals surface area contributed by atoms with Crippen LogP contribution in [0.5, 0.6) is 0 Å². The molecule has 0 unspecified atom stereocenters. The Balaban J connectivity index is 0. The zero-order valence-electron chi connectivity index (χ0n) is 2.49. The third-order valence-corrected chi connectivity index (χ3v) is 0. The minimum absolute atomic E-state index is 0. The summed E-state index contributed by atoms with van der Waals surface area (Å²) in [6.45, 7) is 0. The first-order chi connectivity index (χ1) is 2.24. The molecule has 0 aliphatic carbocycles. The van der Waals surface area contributed by atoms with Crippen molar-refractivity contribution in [3.8, 4) is 0 Å². The molecule has 7 heteroatoms. The van der Waals surface area contributed by atoms with Crippen molar-refractivity contribution >= 4 is 18.9 Å². The standard InChI is InChI=1S/Li.5O.V.H. The number of hydrogen-bond donors (Lipinski definition) is 0. The van der Waals surface area contributed by atoms with Crippen molar-refractivity contribution in [2.24, 2.45) is 0 Å². The van der Waals surface area contributed by atoms with Gasteiger partial charge in [-0.3, -0.25) is 0 Å². The van der Waals surface area contributed by atoms with E-state index in [0.29, 0.717) is 0 Å². The summed E-state index contributed by atoms with van der Waals surface area (Å²) in [6.07, 6.45) is 0. The molecule has 0 radical (unpaired) electrons. The van der Waals surface area contributed by atoms with E-state index in [4.69, 9.17) is 18.4 Å². The Bertz CT molecular complexity index is 278. The molecule has 7 heavy (non-hydrogen) atoms. The van der Waals surface area contributed by atoms with E-state index in [-0.39, 0.29) is 18.9 Å². The molecule has 0 heterocycles. The Hall–Kier alpha value is 0.182. The molecule has 0 N–H and O–H groups in total. The first-order valence-corrected chi connectivity index (χ1v) is 3.76. The average Bonchev–Trinajstić information content (AvgIpc) is 0.650. The fraction of sp³-hybridized carbons (Fsp3) is 0. The van der Waals surface area contributed by atoms with Crippen LogP contribution in [0.15, 0.2) is 0 Å². The van der Waals surface area contributed by atoms with Gasteiger partial charge in [-0.1, -0.05) is 0 Å². The summed E-state index contributed by atoms with van der Waals surface area (Å²) < 4.78 is 43.2. The van der Waals surface area contributed by atoms with E-state index in [1.54, 1.807) is 0 Å². The van der Waals surface area contributed by atoms with Crippen molar-refractivity contribution in [3.63, 3.8) is 0 Å². The maximum absolute atomic E-state index is 8.64. The molecule has 0 aliphatic rings. The van der Waals surface area contributed by atoms with Crippen LogP contribution in [-0.4, -0.2) is 18.9 Å². The van der Waals surface area contributed by atoms with Crippen LogP contribution in [0.3, 0.4) is 0 Å². The van der Waals surface area contributed by atoms with Gasteiger partial charge in [-0.15, -0.1) is 0 Å². The molecule has 0 saturated carbocycles. The Morgan fingerprint density at radius 3 is 0.714 bits per heavy atom. The Labute approximate surface area is 50.1 Å². The van der Waals surface area contributed by atoms with Gasteiger partial charge in [0.15, 0.2) is 0 Å². The van der Waals surface area contributed by atoms with Crippen molar-refractivity contribution < 1.29 is 31.0 Å². The van der Waals surface area contributed by atoms with E-state index in [2.05, 4.69) is 0 Å². The third-order valence-electron chi connectivity index (χ3n) is 0. The van der Waals surface area contributed by atoms with Gasteiger partial charge in [-0.2, -0.15) is 0 Å². The van der Waals surface area contributed by atoms with E-state index < -0.39 is 12.6 Å². The predicted octanol–water partition coefficient (Wildman–Crippen LogP) is -1.25. The minimum atomic E-state index is -7.74. The van der Waals surface area contributed by atoms with E-state index in [0.717, 1.165) is 0 Å². The molecule has 0 aliphatic heterocycles. The van der Waals surface area contributed by atoms with E-state index >= 15 is 0 Å². The number of rotatable bonds is 0. The van der Waals surface area contributed by atoms with Crippen LogP contribution in [0.25, 0.3) is 0 Å².